The van der Waals surface area contributed by atoms with Gasteiger partial charge >= 0.3 is 6.18 Å². The van der Waals surface area contributed by atoms with Gasteiger partial charge in [-0.05, 0) is 31.4 Å². The zero-order chi connectivity index (χ0) is 15.2. The van der Waals surface area contributed by atoms with Gasteiger partial charge in [-0.25, -0.2) is 0 Å². The molecule has 2 saturated heterocycles. The minimum absolute atomic E-state index is 0.0619. The number of fused-ring (bicyclic) bond motifs is 2. The number of hydrogen-bond donors (Lipinski definition) is 2. The van der Waals surface area contributed by atoms with Crippen molar-refractivity contribution in [3.05, 3.63) is 28.8 Å². The van der Waals surface area contributed by atoms with Gasteiger partial charge in [-0.15, -0.1) is 0 Å². The number of rotatable bonds is 2. The molecule has 1 aromatic carbocycles. The number of hydrogen-bond acceptors (Lipinski definition) is 2. The van der Waals surface area contributed by atoms with E-state index in [9.17, 15) is 18.0 Å². The molecule has 0 radical (unpaired) electrons. The molecule has 1 aromatic rings. The first-order chi connectivity index (χ1) is 9.86. The Balaban J connectivity index is 1.83. The van der Waals surface area contributed by atoms with Crippen molar-refractivity contribution < 1.29 is 18.0 Å². The number of nitrogens with one attached hydrogen (secondary N) is 2. The van der Waals surface area contributed by atoms with E-state index in [1.165, 1.54) is 12.1 Å². The summed E-state index contributed by atoms with van der Waals surface area (Å²) in [5, 5.41) is 5.57. The minimum atomic E-state index is -4.56. The Labute approximate surface area is 124 Å². The second-order valence-corrected chi connectivity index (χ2v) is 5.95. The lowest BCUT2D eigenvalue weighted by molar-refractivity contribution is -0.137. The Morgan fingerprint density at radius 1 is 1.33 bits per heavy atom. The third kappa shape index (κ3) is 2.74. The molecule has 21 heavy (non-hydrogen) atoms. The van der Waals surface area contributed by atoms with E-state index >= 15 is 0 Å². The molecule has 2 bridgehead atoms. The highest BCUT2D eigenvalue weighted by Crippen LogP contribution is 2.40. The van der Waals surface area contributed by atoms with Crippen LogP contribution in [-0.4, -0.2) is 18.0 Å². The predicted molar refractivity (Wildman–Crippen MR) is 73.1 cm³/mol. The van der Waals surface area contributed by atoms with Crippen LogP contribution in [0.1, 0.15) is 24.8 Å². The molecule has 2 N–H and O–H groups in total. The van der Waals surface area contributed by atoms with Crippen molar-refractivity contribution in [1.82, 2.24) is 5.32 Å². The summed E-state index contributed by atoms with van der Waals surface area (Å²) in [5.41, 5.74) is -1.26. The SMILES string of the molecule is O=C(Nc1c(Cl)cccc1C(F)(F)F)C1CC2CCC1N2. The molecule has 0 aromatic heterocycles. The molecule has 0 saturated carbocycles. The van der Waals surface area contributed by atoms with Gasteiger partial charge in [0.15, 0.2) is 0 Å². The minimum Gasteiger partial charge on any atom is -0.324 e. The summed E-state index contributed by atoms with van der Waals surface area (Å²) in [7, 11) is 0. The predicted octanol–water partition coefficient (Wildman–Crippen LogP) is 3.44. The van der Waals surface area contributed by atoms with Crippen LogP contribution in [0.3, 0.4) is 0 Å². The molecule has 2 aliphatic rings. The smallest absolute Gasteiger partial charge is 0.324 e. The van der Waals surface area contributed by atoms with Crippen molar-refractivity contribution in [2.45, 2.75) is 37.5 Å². The number of halogens is 4. The van der Waals surface area contributed by atoms with Gasteiger partial charge < -0.3 is 10.6 Å². The van der Waals surface area contributed by atoms with Crippen molar-refractivity contribution >= 4 is 23.2 Å². The van der Waals surface area contributed by atoms with Gasteiger partial charge in [-0.3, -0.25) is 4.79 Å². The highest BCUT2D eigenvalue weighted by molar-refractivity contribution is 6.34. The lowest BCUT2D eigenvalue weighted by atomic mass is 9.88. The molecule has 3 rings (SSSR count). The Morgan fingerprint density at radius 2 is 2.10 bits per heavy atom. The van der Waals surface area contributed by atoms with E-state index in [1.54, 1.807) is 0 Å². The van der Waals surface area contributed by atoms with Crippen molar-refractivity contribution in [2.75, 3.05) is 5.32 Å². The fourth-order valence-corrected chi connectivity index (χ4v) is 3.44. The van der Waals surface area contributed by atoms with Crippen molar-refractivity contribution in [3.63, 3.8) is 0 Å². The van der Waals surface area contributed by atoms with Crippen LogP contribution in [0.25, 0.3) is 0 Å². The normalized spacial score (nSPS) is 27.9. The first kappa shape index (κ1) is 14.7. The number of anilines is 1. The molecular weight excluding hydrogens is 305 g/mol. The zero-order valence-electron chi connectivity index (χ0n) is 11.0. The third-order valence-corrected chi connectivity index (χ3v) is 4.52. The maximum Gasteiger partial charge on any atom is 0.418 e. The number of carbonyl (C=O) groups excluding carboxylic acids is 1. The number of para-hydroxylation sites is 1. The number of carbonyl (C=O) groups is 1. The highest BCUT2D eigenvalue weighted by Gasteiger charge is 2.43. The van der Waals surface area contributed by atoms with Crippen LogP contribution < -0.4 is 10.6 Å². The van der Waals surface area contributed by atoms with Crippen LogP contribution >= 0.6 is 11.6 Å². The maximum absolute atomic E-state index is 13.0. The molecule has 3 nitrogen and oxygen atoms in total. The fourth-order valence-electron chi connectivity index (χ4n) is 3.22. The third-order valence-electron chi connectivity index (χ3n) is 4.20. The summed E-state index contributed by atoms with van der Waals surface area (Å²) in [6, 6.07) is 3.84. The van der Waals surface area contributed by atoms with Gasteiger partial charge in [-0.2, -0.15) is 13.2 Å². The molecule has 0 spiro atoms. The summed E-state index contributed by atoms with van der Waals surface area (Å²) >= 11 is 5.83. The molecular formula is C14H14ClF3N2O. The average Bonchev–Trinajstić information content (AvgIpc) is 3.02. The van der Waals surface area contributed by atoms with Gasteiger partial charge in [0.05, 0.1) is 22.2 Å². The van der Waals surface area contributed by atoms with Crippen LogP contribution in [0.5, 0.6) is 0 Å². The van der Waals surface area contributed by atoms with E-state index in [2.05, 4.69) is 10.6 Å². The second kappa shape index (κ2) is 5.18. The van der Waals surface area contributed by atoms with Crippen LogP contribution in [0.15, 0.2) is 18.2 Å². The van der Waals surface area contributed by atoms with Gasteiger partial charge in [0.1, 0.15) is 0 Å². The molecule has 2 aliphatic heterocycles. The largest absolute Gasteiger partial charge is 0.418 e. The second-order valence-electron chi connectivity index (χ2n) is 5.54. The highest BCUT2D eigenvalue weighted by atomic mass is 35.5. The Bertz CT molecular complexity index is 576. The molecule has 3 unspecified atom stereocenters. The van der Waals surface area contributed by atoms with Gasteiger partial charge in [-0.1, -0.05) is 17.7 Å². The van der Waals surface area contributed by atoms with Crippen LogP contribution in [0.4, 0.5) is 18.9 Å². The fraction of sp³-hybridized carbons (Fsp3) is 0.500. The number of amides is 1. The Morgan fingerprint density at radius 3 is 2.67 bits per heavy atom. The first-order valence-corrected chi connectivity index (χ1v) is 7.16. The molecule has 114 valence electrons. The van der Waals surface area contributed by atoms with Gasteiger partial charge in [0.2, 0.25) is 5.91 Å². The summed E-state index contributed by atoms with van der Waals surface area (Å²) in [5.74, 6) is -0.686. The molecule has 7 heteroatoms. The van der Waals surface area contributed by atoms with Crippen LogP contribution in [0, 0.1) is 5.92 Å². The molecule has 2 fully saturated rings. The maximum atomic E-state index is 13.0. The van der Waals surface area contributed by atoms with E-state index in [4.69, 9.17) is 11.6 Å². The van der Waals surface area contributed by atoms with Crippen LogP contribution in [0.2, 0.25) is 5.02 Å². The van der Waals surface area contributed by atoms with Gasteiger partial charge in [0, 0.05) is 12.1 Å². The average molecular weight is 319 g/mol. The number of alkyl halides is 3. The Hall–Kier alpha value is -1.27. The summed E-state index contributed by atoms with van der Waals surface area (Å²) in [6.07, 6.45) is -1.98. The van der Waals surface area contributed by atoms with E-state index in [0.717, 1.165) is 18.9 Å². The van der Waals surface area contributed by atoms with E-state index < -0.39 is 17.6 Å². The lowest BCUT2D eigenvalue weighted by Gasteiger charge is -2.21. The topological polar surface area (TPSA) is 41.1 Å². The van der Waals surface area contributed by atoms with E-state index in [-0.39, 0.29) is 22.7 Å². The molecule has 0 aliphatic carbocycles. The van der Waals surface area contributed by atoms with Gasteiger partial charge in [0.25, 0.3) is 0 Å². The molecule has 1 amide bonds. The standard InChI is InChI=1S/C14H14ClF3N2O/c15-10-3-1-2-9(14(16,17)18)12(10)20-13(21)8-6-7-4-5-11(8)19-7/h1-3,7-8,11,19H,4-6H2,(H,20,21). The summed E-state index contributed by atoms with van der Waals surface area (Å²) in [6.45, 7) is 0. The molecule has 2 heterocycles. The van der Waals surface area contributed by atoms with E-state index in [1.807, 2.05) is 0 Å². The van der Waals surface area contributed by atoms with Crippen molar-refractivity contribution in [2.24, 2.45) is 5.92 Å². The van der Waals surface area contributed by atoms with Crippen molar-refractivity contribution in [3.8, 4) is 0 Å². The monoisotopic (exact) mass is 318 g/mol. The zero-order valence-corrected chi connectivity index (χ0v) is 11.8. The first-order valence-electron chi connectivity index (χ1n) is 6.79. The number of benzene rings is 1. The quantitative estimate of drug-likeness (QED) is 0.877. The summed E-state index contributed by atoms with van der Waals surface area (Å²) in [4.78, 5) is 12.3. The summed E-state index contributed by atoms with van der Waals surface area (Å²) < 4.78 is 39.0. The Kier molecular flexibility index (Phi) is 3.61. The van der Waals surface area contributed by atoms with Crippen LogP contribution in [-0.2, 0) is 11.0 Å². The van der Waals surface area contributed by atoms with E-state index in [0.29, 0.717) is 12.5 Å². The lowest BCUT2D eigenvalue weighted by Crippen LogP contribution is -2.33. The molecule has 3 atom stereocenters. The van der Waals surface area contributed by atoms with Crippen molar-refractivity contribution in [1.29, 1.82) is 0 Å².